The Bertz CT molecular complexity index is 1120. The lowest BCUT2D eigenvalue weighted by molar-refractivity contribution is -0.125. The molecule has 174 valence electrons. The summed E-state index contributed by atoms with van der Waals surface area (Å²) in [5.41, 5.74) is 2.84. The van der Waals surface area contributed by atoms with Crippen LogP contribution in [-0.4, -0.2) is 31.6 Å². The second kappa shape index (κ2) is 8.65. The molecule has 1 unspecified atom stereocenters. The number of carbonyl (C=O) groups excluding carboxylic acids is 2. The Labute approximate surface area is 195 Å². The van der Waals surface area contributed by atoms with Crippen molar-refractivity contribution in [2.75, 3.05) is 19.1 Å². The number of aliphatic imine (C=N–C) groups is 1. The summed E-state index contributed by atoms with van der Waals surface area (Å²) in [7, 11) is 3.20. The first kappa shape index (κ1) is 23.0. The van der Waals surface area contributed by atoms with Gasteiger partial charge < -0.3 is 14.4 Å². The normalized spacial score (nSPS) is 21.6. The van der Waals surface area contributed by atoms with E-state index in [-0.39, 0.29) is 23.0 Å². The van der Waals surface area contributed by atoms with Crippen LogP contribution in [0.15, 0.2) is 47.5 Å². The Morgan fingerprint density at radius 2 is 1.82 bits per heavy atom. The summed E-state index contributed by atoms with van der Waals surface area (Å²) < 4.78 is 11.1. The molecule has 0 bridgehead atoms. The number of ketones is 1. The molecule has 2 aromatic rings. The van der Waals surface area contributed by atoms with Crippen molar-refractivity contribution >= 4 is 28.8 Å². The highest BCUT2D eigenvalue weighted by Crippen LogP contribution is 2.50. The maximum Gasteiger partial charge on any atom is 0.230 e. The summed E-state index contributed by atoms with van der Waals surface area (Å²) in [4.78, 5) is 34.2. The van der Waals surface area contributed by atoms with Crippen molar-refractivity contribution in [3.63, 3.8) is 0 Å². The van der Waals surface area contributed by atoms with Crippen LogP contribution in [-0.2, 0) is 9.59 Å². The molecule has 6 heteroatoms. The molecule has 0 aromatic heterocycles. The molecule has 1 heterocycles. The maximum atomic E-state index is 13.7. The van der Waals surface area contributed by atoms with Crippen LogP contribution in [0.1, 0.15) is 52.1 Å². The second-order valence-electron chi connectivity index (χ2n) is 9.97. The van der Waals surface area contributed by atoms with E-state index < -0.39 is 12.0 Å². The zero-order valence-electron chi connectivity index (χ0n) is 20.2. The Hall–Kier alpha value is -3.15. The molecule has 1 aliphatic carbocycles. The van der Waals surface area contributed by atoms with Gasteiger partial charge in [-0.2, -0.15) is 0 Å². The minimum atomic E-state index is -0.563. The second-order valence-corrected chi connectivity index (χ2v) is 9.97. The number of methoxy groups -OCH3 is 2. The van der Waals surface area contributed by atoms with E-state index in [1.54, 1.807) is 25.2 Å². The lowest BCUT2D eigenvalue weighted by atomic mass is 9.67. The number of benzene rings is 2. The van der Waals surface area contributed by atoms with Crippen LogP contribution in [0.5, 0.6) is 11.5 Å². The third kappa shape index (κ3) is 4.14. The molecule has 1 amide bonds. The van der Waals surface area contributed by atoms with Crippen LogP contribution in [0.25, 0.3) is 0 Å². The van der Waals surface area contributed by atoms with Crippen LogP contribution in [0.3, 0.4) is 0 Å². The number of Topliss-reactive ketones (excluding diaryl/α,β-unsaturated/α-hetero) is 1. The van der Waals surface area contributed by atoms with Gasteiger partial charge in [-0.3, -0.25) is 14.6 Å². The van der Waals surface area contributed by atoms with E-state index in [0.717, 1.165) is 11.3 Å². The standard InChI is InChI=1S/C27H32N2O4/c1-16(2)26(31)29-21-10-8-7-9-19(21)28-20-14-27(3,4)15-22(30)24(20)25(29)18-12-11-17(32-5)13-23(18)33-6/h7-13,16,24-25H,14-15H2,1-6H3/t24?,25-/m1/s1. The SMILES string of the molecule is COc1ccc([C@@H]2C3C(=O)CC(C)(C)CC3=Nc3ccccc3N2C(=O)C(C)C)c(OC)c1. The summed E-state index contributed by atoms with van der Waals surface area (Å²) in [6.07, 6.45) is 1.13. The fourth-order valence-electron chi connectivity index (χ4n) is 5.03. The van der Waals surface area contributed by atoms with Crippen LogP contribution >= 0.6 is 0 Å². The number of nitrogens with zero attached hydrogens (tertiary/aromatic N) is 2. The van der Waals surface area contributed by atoms with Gasteiger partial charge in [0.15, 0.2) is 0 Å². The molecule has 4 rings (SSSR count). The Kier molecular flexibility index (Phi) is 6.04. The van der Waals surface area contributed by atoms with Gasteiger partial charge in [0.2, 0.25) is 5.91 Å². The van der Waals surface area contributed by atoms with Gasteiger partial charge in [-0.25, -0.2) is 0 Å². The highest BCUT2D eigenvalue weighted by Gasteiger charge is 2.48. The highest BCUT2D eigenvalue weighted by molar-refractivity contribution is 6.13. The van der Waals surface area contributed by atoms with E-state index in [1.165, 1.54) is 0 Å². The Morgan fingerprint density at radius 3 is 2.48 bits per heavy atom. The largest absolute Gasteiger partial charge is 0.497 e. The molecular formula is C27H32N2O4. The van der Waals surface area contributed by atoms with E-state index >= 15 is 0 Å². The van der Waals surface area contributed by atoms with E-state index in [1.807, 2.05) is 50.2 Å². The smallest absolute Gasteiger partial charge is 0.230 e. The molecule has 0 spiro atoms. The molecule has 2 aromatic carbocycles. The number of hydrogen-bond donors (Lipinski definition) is 0. The zero-order valence-corrected chi connectivity index (χ0v) is 20.2. The first-order chi connectivity index (χ1) is 15.7. The molecule has 1 saturated carbocycles. The summed E-state index contributed by atoms with van der Waals surface area (Å²) in [5.74, 6) is 0.465. The van der Waals surface area contributed by atoms with Crippen molar-refractivity contribution in [2.45, 2.75) is 46.6 Å². The van der Waals surface area contributed by atoms with Crippen LogP contribution < -0.4 is 14.4 Å². The van der Waals surface area contributed by atoms with E-state index in [0.29, 0.717) is 35.7 Å². The van der Waals surface area contributed by atoms with E-state index in [2.05, 4.69) is 13.8 Å². The van der Waals surface area contributed by atoms with Crippen LogP contribution in [0.4, 0.5) is 11.4 Å². The number of amides is 1. The topological polar surface area (TPSA) is 68.2 Å². The summed E-state index contributed by atoms with van der Waals surface area (Å²) in [6, 6.07) is 12.6. The zero-order chi connectivity index (χ0) is 23.9. The van der Waals surface area contributed by atoms with Gasteiger partial charge in [-0.15, -0.1) is 0 Å². The number of fused-ring (bicyclic) bond motifs is 2. The number of para-hydroxylation sites is 2. The fourth-order valence-corrected chi connectivity index (χ4v) is 5.03. The molecular weight excluding hydrogens is 416 g/mol. The highest BCUT2D eigenvalue weighted by atomic mass is 16.5. The van der Waals surface area contributed by atoms with Crippen LogP contribution in [0.2, 0.25) is 0 Å². The number of ether oxygens (including phenoxy) is 2. The summed E-state index contributed by atoms with van der Waals surface area (Å²) in [6.45, 7) is 7.96. The van der Waals surface area contributed by atoms with Gasteiger partial charge >= 0.3 is 0 Å². The number of hydrogen-bond acceptors (Lipinski definition) is 5. The Balaban J connectivity index is 2.02. The van der Waals surface area contributed by atoms with Gasteiger partial charge in [-0.05, 0) is 36.1 Å². The molecule has 0 N–H and O–H groups in total. The van der Waals surface area contributed by atoms with Gasteiger partial charge in [-0.1, -0.05) is 39.8 Å². The number of carbonyl (C=O) groups is 2. The van der Waals surface area contributed by atoms with Crippen molar-refractivity contribution in [2.24, 2.45) is 22.2 Å². The summed E-state index contributed by atoms with van der Waals surface area (Å²) >= 11 is 0. The first-order valence-corrected chi connectivity index (χ1v) is 11.4. The predicted octanol–water partition coefficient (Wildman–Crippen LogP) is 5.53. The van der Waals surface area contributed by atoms with E-state index in [9.17, 15) is 9.59 Å². The minimum Gasteiger partial charge on any atom is -0.497 e. The van der Waals surface area contributed by atoms with Gasteiger partial charge in [0.05, 0.1) is 37.6 Å². The molecule has 0 radical (unpaired) electrons. The average molecular weight is 449 g/mol. The number of rotatable bonds is 4. The molecule has 1 aliphatic heterocycles. The van der Waals surface area contributed by atoms with Crippen molar-refractivity contribution in [3.05, 3.63) is 48.0 Å². The lowest BCUT2D eigenvalue weighted by Crippen LogP contribution is -2.48. The molecule has 0 saturated heterocycles. The fraction of sp³-hybridized carbons (Fsp3) is 0.444. The van der Waals surface area contributed by atoms with Gasteiger partial charge in [0.1, 0.15) is 17.3 Å². The van der Waals surface area contributed by atoms with Crippen molar-refractivity contribution in [1.29, 1.82) is 0 Å². The maximum absolute atomic E-state index is 13.7. The van der Waals surface area contributed by atoms with Crippen molar-refractivity contribution in [3.8, 4) is 11.5 Å². The molecule has 1 fully saturated rings. The quantitative estimate of drug-likeness (QED) is 0.617. The molecule has 6 nitrogen and oxygen atoms in total. The third-order valence-corrected chi connectivity index (χ3v) is 6.51. The predicted molar refractivity (Wildman–Crippen MR) is 130 cm³/mol. The Morgan fingerprint density at radius 1 is 1.09 bits per heavy atom. The molecule has 33 heavy (non-hydrogen) atoms. The van der Waals surface area contributed by atoms with E-state index in [4.69, 9.17) is 14.5 Å². The summed E-state index contributed by atoms with van der Waals surface area (Å²) in [5, 5.41) is 0. The first-order valence-electron chi connectivity index (χ1n) is 11.4. The lowest BCUT2D eigenvalue weighted by Gasteiger charge is -2.41. The third-order valence-electron chi connectivity index (χ3n) is 6.51. The minimum absolute atomic E-state index is 0.0561. The van der Waals surface area contributed by atoms with Crippen molar-refractivity contribution < 1.29 is 19.1 Å². The monoisotopic (exact) mass is 448 g/mol. The van der Waals surface area contributed by atoms with Gasteiger partial charge in [0.25, 0.3) is 0 Å². The van der Waals surface area contributed by atoms with Crippen molar-refractivity contribution in [1.82, 2.24) is 0 Å². The van der Waals surface area contributed by atoms with Crippen LogP contribution in [0, 0.1) is 17.3 Å². The number of anilines is 1. The molecule has 2 aliphatic rings. The van der Waals surface area contributed by atoms with Gasteiger partial charge in [0, 0.05) is 29.7 Å². The molecule has 2 atom stereocenters. The average Bonchev–Trinajstić information content (AvgIpc) is 2.91.